The maximum atomic E-state index is 12.6. The fraction of sp³-hybridized carbons (Fsp3) is 0.294. The summed E-state index contributed by atoms with van der Waals surface area (Å²) >= 11 is 0.970. The van der Waals surface area contributed by atoms with Crippen molar-refractivity contribution in [1.82, 2.24) is 39.7 Å². The van der Waals surface area contributed by atoms with Crippen LogP contribution in [0.1, 0.15) is 7.65 Å². The Morgan fingerprint density at radius 1 is 1.29 bits per heavy atom. The Kier molecular flexibility index (Phi) is 5.22. The van der Waals surface area contributed by atoms with Crippen LogP contribution in [0.25, 0.3) is 16.9 Å². The molecule has 2 aliphatic rings. The lowest BCUT2D eigenvalue weighted by Crippen LogP contribution is -2.41. The Balaban J connectivity index is 0.00000267. The number of fused-ring (bicyclic) bond motifs is 2. The number of anilines is 1. The number of nitrogen functional groups attached to an aromatic ring is 1. The molecule has 0 bridgehead atoms. The number of tetrazole rings is 1. The third-order valence-corrected chi connectivity index (χ3v) is 7.25. The van der Waals surface area contributed by atoms with Crippen molar-refractivity contribution in [3.63, 3.8) is 0 Å². The highest BCUT2D eigenvalue weighted by Crippen LogP contribution is 2.50. The number of aromatic nitrogens is 8. The smallest absolute Gasteiger partial charge is 0.756 e. The van der Waals surface area contributed by atoms with Crippen molar-refractivity contribution in [2.45, 2.75) is 34.9 Å². The number of para-hydroxylation sites is 1. The SMILES string of the molecule is Nc1nc2c(nc(Sc3nnnn3-c3ccccc3)n2[C@@H]2OC3COP(=O)([O-])O[C@H]3C2O)c(=O)[nH]1.[H+]. The zero-order valence-corrected chi connectivity index (χ0v) is 19.1. The van der Waals surface area contributed by atoms with Crippen LogP contribution in [0.15, 0.2) is 45.4 Å². The minimum Gasteiger partial charge on any atom is -0.756 e. The van der Waals surface area contributed by atoms with Gasteiger partial charge in [0.2, 0.25) is 11.1 Å². The minimum absolute atomic E-state index is 0. The molecule has 0 amide bonds. The molecular weight excluding hydrogens is 505 g/mol. The van der Waals surface area contributed by atoms with Gasteiger partial charge in [-0.05, 0) is 34.3 Å². The Labute approximate surface area is 200 Å². The summed E-state index contributed by atoms with van der Waals surface area (Å²) in [4.78, 5) is 35.2. The van der Waals surface area contributed by atoms with Gasteiger partial charge in [0.15, 0.2) is 22.5 Å². The number of phosphoric ester groups is 1. The number of aliphatic hydroxyl groups excluding tert-OH is 1. The average molecular weight is 521 g/mol. The first kappa shape index (κ1) is 22.3. The van der Waals surface area contributed by atoms with E-state index >= 15 is 0 Å². The summed E-state index contributed by atoms with van der Waals surface area (Å²) in [7, 11) is -4.60. The van der Waals surface area contributed by atoms with Crippen LogP contribution in [0.2, 0.25) is 0 Å². The predicted octanol–water partition coefficient (Wildman–Crippen LogP) is -0.917. The van der Waals surface area contributed by atoms with E-state index in [0.29, 0.717) is 5.69 Å². The summed E-state index contributed by atoms with van der Waals surface area (Å²) in [6, 6.07) is 9.06. The summed E-state index contributed by atoms with van der Waals surface area (Å²) in [5.41, 5.74) is 5.71. The molecule has 18 heteroatoms. The fourth-order valence-corrected chi connectivity index (χ4v) is 5.72. The highest BCUT2D eigenvalue weighted by Gasteiger charge is 2.51. The van der Waals surface area contributed by atoms with Crippen LogP contribution in [0.5, 0.6) is 0 Å². The second kappa shape index (κ2) is 8.20. The standard InChI is InChI=1S/C17H16N9O7PS/c18-15-20-12-9(13(28)21-15)19-16(35-17-22-23-24-26(17)7-4-2-1-3-5-7)25(12)14-10(27)11-8(32-14)6-31-34(29,30)33-11/h1-5,8,10-11,14,27H,6H2,(H,29,30)(H3,18,20,21,28)/t8?,10?,11-,14-/m1/s1. The third kappa shape index (κ3) is 3.82. The molecule has 0 spiro atoms. The number of aromatic amines is 1. The van der Waals surface area contributed by atoms with Crippen molar-refractivity contribution >= 4 is 36.7 Å². The lowest BCUT2D eigenvalue weighted by Gasteiger charge is -2.34. The fourth-order valence-electron chi connectivity index (χ4n) is 3.88. The van der Waals surface area contributed by atoms with Gasteiger partial charge < -0.3 is 29.5 Å². The number of H-pyrrole nitrogens is 1. The quantitative estimate of drug-likeness (QED) is 0.277. The largest absolute Gasteiger partial charge is 1.00 e. The van der Waals surface area contributed by atoms with E-state index in [9.17, 15) is 19.4 Å². The Hall–Kier alpha value is -3.18. The summed E-state index contributed by atoms with van der Waals surface area (Å²) in [6.45, 7) is -0.351. The number of nitrogens with one attached hydrogen (secondary N) is 1. The molecule has 3 aromatic heterocycles. The zero-order chi connectivity index (χ0) is 24.3. The van der Waals surface area contributed by atoms with E-state index in [1.807, 2.05) is 18.2 Å². The molecule has 5 atom stereocenters. The number of aliphatic hydroxyl groups is 1. The van der Waals surface area contributed by atoms with Crippen LogP contribution in [0.3, 0.4) is 0 Å². The number of phosphoric acid groups is 1. The first-order valence-electron chi connectivity index (χ1n) is 10.1. The lowest BCUT2D eigenvalue weighted by molar-refractivity contribution is -0.245. The van der Waals surface area contributed by atoms with Gasteiger partial charge in [-0.25, -0.2) is 4.98 Å². The maximum Gasteiger partial charge on any atom is 1.00 e. The van der Waals surface area contributed by atoms with Crippen LogP contribution in [-0.2, 0) is 18.3 Å². The minimum atomic E-state index is -4.60. The summed E-state index contributed by atoms with van der Waals surface area (Å²) < 4.78 is 30.1. The van der Waals surface area contributed by atoms with Gasteiger partial charge in [0, 0.05) is 0 Å². The number of rotatable bonds is 4. The van der Waals surface area contributed by atoms with Crippen LogP contribution < -0.4 is 16.2 Å². The number of nitrogens with two attached hydrogens (primary N) is 1. The first-order chi connectivity index (χ1) is 16.8. The first-order valence-corrected chi connectivity index (χ1v) is 12.4. The van der Waals surface area contributed by atoms with E-state index in [1.54, 1.807) is 12.1 Å². The van der Waals surface area contributed by atoms with Gasteiger partial charge in [0.05, 0.1) is 12.3 Å². The van der Waals surface area contributed by atoms with E-state index in [4.69, 9.17) is 19.5 Å². The number of ether oxygens (including phenoxy) is 1. The molecule has 6 rings (SSSR count). The van der Waals surface area contributed by atoms with Crippen LogP contribution >= 0.6 is 19.6 Å². The molecule has 16 nitrogen and oxygen atoms in total. The highest BCUT2D eigenvalue weighted by atomic mass is 32.2. The van der Waals surface area contributed by atoms with Gasteiger partial charge in [-0.2, -0.15) is 9.67 Å². The maximum absolute atomic E-state index is 12.6. The summed E-state index contributed by atoms with van der Waals surface area (Å²) in [5, 5.41) is 23.1. The van der Waals surface area contributed by atoms with Gasteiger partial charge in [-0.1, -0.05) is 18.2 Å². The van der Waals surface area contributed by atoms with Gasteiger partial charge in [0.1, 0.15) is 18.3 Å². The Bertz CT molecular complexity index is 1530. The zero-order valence-electron chi connectivity index (χ0n) is 18.4. The van der Waals surface area contributed by atoms with E-state index in [-0.39, 0.29) is 35.5 Å². The predicted molar refractivity (Wildman–Crippen MR) is 115 cm³/mol. The molecular formula is C17H16N9O7PS. The van der Waals surface area contributed by atoms with E-state index < -0.39 is 37.9 Å². The van der Waals surface area contributed by atoms with Gasteiger partial charge in [-0.3, -0.25) is 18.9 Å². The molecule has 4 N–H and O–H groups in total. The lowest BCUT2D eigenvalue weighted by atomic mass is 10.1. The van der Waals surface area contributed by atoms with Crippen molar-refractivity contribution in [1.29, 1.82) is 0 Å². The Morgan fingerprint density at radius 2 is 2.09 bits per heavy atom. The number of hydrogen-bond donors (Lipinski definition) is 3. The third-order valence-electron chi connectivity index (χ3n) is 5.37. The number of hydrogen-bond acceptors (Lipinski definition) is 14. The van der Waals surface area contributed by atoms with Gasteiger partial charge >= 0.3 is 1.43 Å². The van der Waals surface area contributed by atoms with Crippen molar-refractivity contribution < 1.29 is 29.8 Å². The molecule has 2 aliphatic heterocycles. The van der Waals surface area contributed by atoms with E-state index in [0.717, 1.165) is 11.8 Å². The van der Waals surface area contributed by atoms with Gasteiger partial charge in [-0.15, -0.1) is 5.10 Å². The molecule has 182 valence electrons. The van der Waals surface area contributed by atoms with Crippen LogP contribution in [-0.4, -0.2) is 69.8 Å². The second-order valence-electron chi connectivity index (χ2n) is 7.57. The summed E-state index contributed by atoms with van der Waals surface area (Å²) in [6.07, 6.45) is -4.86. The molecule has 0 saturated carbocycles. The van der Waals surface area contributed by atoms with Crippen molar-refractivity contribution in [3.8, 4) is 5.69 Å². The normalized spacial score (nSPS) is 28.4. The molecule has 35 heavy (non-hydrogen) atoms. The Morgan fingerprint density at radius 3 is 2.89 bits per heavy atom. The van der Waals surface area contributed by atoms with Crippen molar-refractivity contribution in [2.24, 2.45) is 0 Å². The summed E-state index contributed by atoms with van der Waals surface area (Å²) in [5.74, 6) is -0.192. The second-order valence-corrected chi connectivity index (χ2v) is 9.87. The van der Waals surface area contributed by atoms with Crippen molar-refractivity contribution in [2.75, 3.05) is 12.3 Å². The number of nitrogens with zero attached hydrogens (tertiary/aromatic N) is 7. The molecule has 2 saturated heterocycles. The number of imidazole rings is 1. The average Bonchev–Trinajstić information content (AvgIpc) is 3.51. The molecule has 0 radical (unpaired) electrons. The topological polar surface area (TPSA) is 221 Å². The molecule has 3 unspecified atom stereocenters. The number of benzene rings is 1. The van der Waals surface area contributed by atoms with Crippen molar-refractivity contribution in [3.05, 3.63) is 40.7 Å². The molecule has 2 fully saturated rings. The van der Waals surface area contributed by atoms with Gasteiger partial charge in [0.25, 0.3) is 13.4 Å². The highest BCUT2D eigenvalue weighted by molar-refractivity contribution is 7.99. The van der Waals surface area contributed by atoms with Crippen LogP contribution in [0.4, 0.5) is 5.95 Å². The van der Waals surface area contributed by atoms with E-state index in [2.05, 4.69) is 30.5 Å². The molecule has 1 aromatic carbocycles. The molecule has 4 aromatic rings. The van der Waals surface area contributed by atoms with E-state index in [1.165, 1.54) is 9.25 Å². The molecule has 0 aliphatic carbocycles. The monoisotopic (exact) mass is 521 g/mol. The molecule has 5 heterocycles. The van der Waals surface area contributed by atoms with Crippen LogP contribution in [0, 0.1) is 0 Å².